The van der Waals surface area contributed by atoms with E-state index in [4.69, 9.17) is 5.73 Å². The second kappa shape index (κ2) is 3.49. The number of anilines is 2. The minimum absolute atomic E-state index is 0.462. The number of hydrogen-bond donors (Lipinski definition) is 2. The molecule has 0 unspecified atom stereocenters. The van der Waals surface area contributed by atoms with Gasteiger partial charge in [-0.2, -0.15) is 0 Å². The lowest BCUT2D eigenvalue weighted by molar-refractivity contribution is 0.881. The monoisotopic (exact) mass is 242 g/mol. The lowest BCUT2D eigenvalue weighted by Gasteiger charge is -2.06. The topological polar surface area (TPSA) is 63.8 Å². The molecule has 1 aliphatic rings. The highest BCUT2D eigenvalue weighted by atomic mass is 79.9. The molecule has 70 valence electrons. The van der Waals surface area contributed by atoms with Gasteiger partial charge in [0.25, 0.3) is 0 Å². The molecule has 1 aromatic heterocycles. The zero-order valence-corrected chi connectivity index (χ0v) is 8.71. The van der Waals surface area contributed by atoms with Gasteiger partial charge in [0.1, 0.15) is 4.60 Å². The molecule has 0 aliphatic heterocycles. The van der Waals surface area contributed by atoms with Crippen LogP contribution in [0.15, 0.2) is 10.8 Å². The number of nitrogens with zero attached hydrogens (tertiary/aromatic N) is 2. The van der Waals surface area contributed by atoms with Gasteiger partial charge in [0.2, 0.25) is 0 Å². The lowest BCUT2D eigenvalue weighted by atomic mass is 10.4. The van der Waals surface area contributed by atoms with Crippen molar-refractivity contribution in [1.29, 1.82) is 0 Å². The Balaban J connectivity index is 2.03. The number of nitrogens with one attached hydrogen (secondary N) is 1. The maximum Gasteiger partial charge on any atom is 0.170 e. The molecule has 0 spiro atoms. The van der Waals surface area contributed by atoms with Crippen molar-refractivity contribution in [3.05, 3.63) is 10.8 Å². The van der Waals surface area contributed by atoms with Gasteiger partial charge in [-0.1, -0.05) is 0 Å². The van der Waals surface area contributed by atoms with Gasteiger partial charge in [-0.15, -0.1) is 0 Å². The molecular weight excluding hydrogens is 232 g/mol. The maximum atomic E-state index is 5.64. The first-order valence-electron chi connectivity index (χ1n) is 4.27. The van der Waals surface area contributed by atoms with Crippen LogP contribution >= 0.6 is 15.9 Å². The average molecular weight is 243 g/mol. The fraction of sp³-hybridized carbons (Fsp3) is 0.500. The fourth-order valence-corrected chi connectivity index (χ4v) is 1.35. The van der Waals surface area contributed by atoms with Crippen LogP contribution in [0.3, 0.4) is 0 Å². The first-order valence-corrected chi connectivity index (χ1v) is 5.07. The van der Waals surface area contributed by atoms with Crippen LogP contribution in [0.25, 0.3) is 0 Å². The van der Waals surface area contributed by atoms with Crippen LogP contribution in [0.4, 0.5) is 11.6 Å². The Bertz CT molecular complexity index is 311. The standard InChI is InChI=1S/C8H11BrN4/c9-6-4-11-7(10)8(13-6)12-3-5-1-2-5/h4-5H,1-3H2,(H2,10,11)(H,12,13). The maximum absolute atomic E-state index is 5.64. The first kappa shape index (κ1) is 8.74. The van der Waals surface area contributed by atoms with Gasteiger partial charge in [0.05, 0.1) is 6.20 Å². The Labute approximate surface area is 85.1 Å². The van der Waals surface area contributed by atoms with E-state index in [1.165, 1.54) is 12.8 Å². The van der Waals surface area contributed by atoms with Gasteiger partial charge in [-0.25, -0.2) is 9.97 Å². The molecule has 1 fully saturated rings. The number of aromatic nitrogens is 2. The molecule has 0 aromatic carbocycles. The van der Waals surface area contributed by atoms with E-state index in [9.17, 15) is 0 Å². The van der Waals surface area contributed by atoms with Crippen LogP contribution in [0.1, 0.15) is 12.8 Å². The second-order valence-corrected chi connectivity index (χ2v) is 4.06. The van der Waals surface area contributed by atoms with Crippen LogP contribution in [-0.2, 0) is 0 Å². The number of nitrogen functional groups attached to an aromatic ring is 1. The van der Waals surface area contributed by atoms with Gasteiger partial charge in [-0.3, -0.25) is 0 Å². The summed E-state index contributed by atoms with van der Waals surface area (Å²) >= 11 is 3.25. The van der Waals surface area contributed by atoms with Crippen molar-refractivity contribution in [1.82, 2.24) is 9.97 Å². The smallest absolute Gasteiger partial charge is 0.170 e. The normalized spacial score (nSPS) is 15.8. The van der Waals surface area contributed by atoms with Crippen LogP contribution in [-0.4, -0.2) is 16.5 Å². The molecule has 1 aromatic rings. The molecular formula is C8H11BrN4. The van der Waals surface area contributed by atoms with Crippen LogP contribution < -0.4 is 11.1 Å². The molecule has 2 rings (SSSR count). The summed E-state index contributed by atoms with van der Waals surface area (Å²) in [5, 5.41) is 3.19. The molecule has 0 radical (unpaired) electrons. The predicted octanol–water partition coefficient (Wildman–Crippen LogP) is 1.64. The molecule has 13 heavy (non-hydrogen) atoms. The summed E-state index contributed by atoms with van der Waals surface area (Å²) in [5.74, 6) is 1.95. The van der Waals surface area contributed by atoms with E-state index in [2.05, 4.69) is 31.2 Å². The van der Waals surface area contributed by atoms with E-state index in [1.54, 1.807) is 6.20 Å². The number of nitrogens with two attached hydrogens (primary N) is 1. The SMILES string of the molecule is Nc1ncc(Br)nc1NCC1CC1. The number of halogens is 1. The molecule has 1 aliphatic carbocycles. The van der Waals surface area contributed by atoms with Crippen molar-refractivity contribution in [3.8, 4) is 0 Å². The van der Waals surface area contributed by atoms with E-state index in [0.717, 1.165) is 12.5 Å². The molecule has 0 atom stereocenters. The Morgan fingerprint density at radius 3 is 3.08 bits per heavy atom. The van der Waals surface area contributed by atoms with E-state index in [-0.39, 0.29) is 0 Å². The largest absolute Gasteiger partial charge is 0.381 e. The van der Waals surface area contributed by atoms with Gasteiger partial charge in [0.15, 0.2) is 11.6 Å². The van der Waals surface area contributed by atoms with Gasteiger partial charge in [-0.05, 0) is 34.7 Å². The highest BCUT2D eigenvalue weighted by Crippen LogP contribution is 2.29. The Kier molecular flexibility index (Phi) is 2.35. The second-order valence-electron chi connectivity index (χ2n) is 3.25. The quantitative estimate of drug-likeness (QED) is 0.847. The minimum Gasteiger partial charge on any atom is -0.381 e. The Morgan fingerprint density at radius 2 is 2.38 bits per heavy atom. The van der Waals surface area contributed by atoms with Crippen LogP contribution in [0, 0.1) is 5.92 Å². The van der Waals surface area contributed by atoms with Crippen molar-refractivity contribution >= 4 is 27.6 Å². The summed E-state index contributed by atoms with van der Waals surface area (Å²) in [6.07, 6.45) is 4.22. The van der Waals surface area contributed by atoms with Gasteiger partial charge >= 0.3 is 0 Å². The van der Waals surface area contributed by atoms with Crippen molar-refractivity contribution in [3.63, 3.8) is 0 Å². The summed E-state index contributed by atoms with van der Waals surface area (Å²) in [5.41, 5.74) is 5.64. The van der Waals surface area contributed by atoms with E-state index < -0.39 is 0 Å². The van der Waals surface area contributed by atoms with Crippen LogP contribution in [0.5, 0.6) is 0 Å². The molecule has 0 amide bonds. The van der Waals surface area contributed by atoms with E-state index >= 15 is 0 Å². The Morgan fingerprint density at radius 1 is 1.62 bits per heavy atom. The third kappa shape index (κ3) is 2.30. The zero-order valence-electron chi connectivity index (χ0n) is 7.13. The zero-order chi connectivity index (χ0) is 9.26. The first-order chi connectivity index (χ1) is 6.25. The fourth-order valence-electron chi connectivity index (χ4n) is 1.07. The highest BCUT2D eigenvalue weighted by Gasteiger charge is 2.21. The minimum atomic E-state index is 0.462. The van der Waals surface area contributed by atoms with Crippen molar-refractivity contribution < 1.29 is 0 Å². The molecule has 1 heterocycles. The summed E-state index contributed by atoms with van der Waals surface area (Å²) < 4.78 is 0.708. The van der Waals surface area contributed by atoms with E-state index in [1.807, 2.05) is 0 Å². The van der Waals surface area contributed by atoms with Crippen LogP contribution in [0.2, 0.25) is 0 Å². The van der Waals surface area contributed by atoms with E-state index in [0.29, 0.717) is 16.2 Å². The van der Waals surface area contributed by atoms with Crippen molar-refractivity contribution in [2.45, 2.75) is 12.8 Å². The molecule has 5 heteroatoms. The summed E-state index contributed by atoms with van der Waals surface area (Å²) in [7, 11) is 0. The number of hydrogen-bond acceptors (Lipinski definition) is 4. The molecule has 0 bridgehead atoms. The van der Waals surface area contributed by atoms with Gasteiger partial charge in [0, 0.05) is 6.54 Å². The highest BCUT2D eigenvalue weighted by molar-refractivity contribution is 9.10. The average Bonchev–Trinajstić information content (AvgIpc) is 2.90. The van der Waals surface area contributed by atoms with Gasteiger partial charge < -0.3 is 11.1 Å². The summed E-state index contributed by atoms with van der Waals surface area (Å²) in [6.45, 7) is 0.954. The molecule has 1 saturated carbocycles. The molecule has 4 nitrogen and oxygen atoms in total. The van der Waals surface area contributed by atoms with Crippen molar-refractivity contribution in [2.24, 2.45) is 5.92 Å². The molecule has 0 saturated heterocycles. The third-order valence-corrected chi connectivity index (χ3v) is 2.41. The third-order valence-electron chi connectivity index (χ3n) is 2.03. The predicted molar refractivity (Wildman–Crippen MR) is 55.4 cm³/mol. The molecule has 3 N–H and O–H groups in total. The summed E-state index contributed by atoms with van der Waals surface area (Å²) in [6, 6.07) is 0. The Hall–Kier alpha value is -0.840. The lowest BCUT2D eigenvalue weighted by Crippen LogP contribution is -2.08. The van der Waals surface area contributed by atoms with Crippen molar-refractivity contribution in [2.75, 3.05) is 17.6 Å². The summed E-state index contributed by atoms with van der Waals surface area (Å²) in [4.78, 5) is 8.17. The number of rotatable bonds is 3.